The molecule has 0 aromatic heterocycles. The van der Waals surface area contributed by atoms with Gasteiger partial charge in [-0.05, 0) is 42.5 Å². The highest BCUT2D eigenvalue weighted by Gasteiger charge is 2.13. The van der Waals surface area contributed by atoms with Gasteiger partial charge in [-0.1, -0.05) is 61.4 Å². The van der Waals surface area contributed by atoms with Crippen LogP contribution in [0, 0.1) is 13.8 Å². The molecule has 0 radical (unpaired) electrons. The van der Waals surface area contributed by atoms with Gasteiger partial charge in [0.2, 0.25) is 0 Å². The summed E-state index contributed by atoms with van der Waals surface area (Å²) in [6.45, 7) is 6.43. The maximum Gasteiger partial charge on any atom is 0.0838 e. The van der Waals surface area contributed by atoms with Gasteiger partial charge in [0.15, 0.2) is 0 Å². The normalized spacial score (nSPS) is 12.4. The average Bonchev–Trinajstić information content (AvgIpc) is 2.42. The van der Waals surface area contributed by atoms with Crippen molar-refractivity contribution in [3.8, 4) is 0 Å². The smallest absolute Gasteiger partial charge is 0.0838 e. The molecule has 0 heterocycles. The van der Waals surface area contributed by atoms with Gasteiger partial charge in [0, 0.05) is 0 Å². The first-order valence-corrected chi connectivity index (χ1v) is 7.35. The molecule has 2 aromatic rings. The lowest BCUT2D eigenvalue weighted by molar-refractivity contribution is 0.920. The average molecular weight is 273 g/mol. The van der Waals surface area contributed by atoms with E-state index < -0.39 is 0 Å². The summed E-state index contributed by atoms with van der Waals surface area (Å²) in [4.78, 5) is 0. The van der Waals surface area contributed by atoms with E-state index in [-0.39, 0.29) is 5.38 Å². The molecule has 0 saturated carbocycles. The Kier molecular flexibility index (Phi) is 4.66. The molecule has 19 heavy (non-hydrogen) atoms. The van der Waals surface area contributed by atoms with Gasteiger partial charge in [0.1, 0.15) is 0 Å². The fourth-order valence-electron chi connectivity index (χ4n) is 2.35. The van der Waals surface area contributed by atoms with Crippen molar-refractivity contribution >= 4 is 11.6 Å². The number of hydrogen-bond acceptors (Lipinski definition) is 0. The molecule has 100 valence electrons. The minimum absolute atomic E-state index is 0.0597. The van der Waals surface area contributed by atoms with Crippen LogP contribution in [0.1, 0.15) is 46.5 Å². The lowest BCUT2D eigenvalue weighted by Crippen LogP contribution is -1.97. The van der Waals surface area contributed by atoms with E-state index in [9.17, 15) is 0 Å². The van der Waals surface area contributed by atoms with Crippen LogP contribution in [0.4, 0.5) is 0 Å². The van der Waals surface area contributed by atoms with Crippen LogP contribution in [0.5, 0.6) is 0 Å². The van der Waals surface area contributed by atoms with Gasteiger partial charge >= 0.3 is 0 Å². The zero-order valence-electron chi connectivity index (χ0n) is 11.9. The van der Waals surface area contributed by atoms with E-state index in [4.69, 9.17) is 11.6 Å². The lowest BCUT2D eigenvalue weighted by atomic mass is 9.97. The Morgan fingerprint density at radius 1 is 1.00 bits per heavy atom. The number of rotatable bonds is 4. The van der Waals surface area contributed by atoms with E-state index in [1.165, 1.54) is 34.2 Å². The fraction of sp³-hybridized carbons (Fsp3) is 0.333. The number of hydrogen-bond donors (Lipinski definition) is 0. The third kappa shape index (κ3) is 3.39. The SMILES string of the molecule is CCCc1ccc(C(Cl)c2cc(C)ccc2C)cc1. The number of aryl methyl sites for hydroxylation is 3. The Bertz CT molecular complexity index is 540. The molecular formula is C18H21Cl. The molecule has 2 aromatic carbocycles. The van der Waals surface area contributed by atoms with Gasteiger partial charge in [0.05, 0.1) is 5.38 Å². The van der Waals surface area contributed by atoms with E-state index in [2.05, 4.69) is 63.2 Å². The monoisotopic (exact) mass is 272 g/mol. The molecule has 0 nitrogen and oxygen atoms in total. The first-order valence-electron chi connectivity index (χ1n) is 6.92. The zero-order valence-corrected chi connectivity index (χ0v) is 12.7. The molecule has 0 fully saturated rings. The molecule has 0 bridgehead atoms. The van der Waals surface area contributed by atoms with Crippen LogP contribution in [0.25, 0.3) is 0 Å². The van der Waals surface area contributed by atoms with E-state index in [1.54, 1.807) is 0 Å². The van der Waals surface area contributed by atoms with Gasteiger partial charge < -0.3 is 0 Å². The van der Waals surface area contributed by atoms with Crippen LogP contribution in [0.3, 0.4) is 0 Å². The Balaban J connectivity index is 2.27. The molecule has 1 atom stereocenters. The van der Waals surface area contributed by atoms with Gasteiger partial charge in [-0.25, -0.2) is 0 Å². The van der Waals surface area contributed by atoms with Gasteiger partial charge in [-0.3, -0.25) is 0 Å². The number of halogens is 1. The van der Waals surface area contributed by atoms with Crippen molar-refractivity contribution in [2.45, 2.75) is 39.0 Å². The summed E-state index contributed by atoms with van der Waals surface area (Å²) in [6.07, 6.45) is 2.32. The lowest BCUT2D eigenvalue weighted by Gasteiger charge is -2.14. The van der Waals surface area contributed by atoms with Crippen LogP contribution in [0.2, 0.25) is 0 Å². The predicted octanol–water partition coefficient (Wildman–Crippen LogP) is 5.58. The van der Waals surface area contributed by atoms with Crippen molar-refractivity contribution in [2.75, 3.05) is 0 Å². The van der Waals surface area contributed by atoms with Gasteiger partial charge in [-0.2, -0.15) is 0 Å². The molecule has 0 aliphatic rings. The molecule has 1 heteroatoms. The summed E-state index contributed by atoms with van der Waals surface area (Å²) in [5, 5.41) is -0.0597. The molecule has 0 aliphatic carbocycles. The minimum Gasteiger partial charge on any atom is -0.113 e. The predicted molar refractivity (Wildman–Crippen MR) is 84.0 cm³/mol. The first-order chi connectivity index (χ1) is 9.11. The van der Waals surface area contributed by atoms with Crippen LogP contribution in [-0.4, -0.2) is 0 Å². The standard InChI is InChI=1S/C18H21Cl/c1-4-5-15-8-10-16(11-9-15)18(19)17-12-13(2)6-7-14(17)3/h6-12,18H,4-5H2,1-3H3. The summed E-state index contributed by atoms with van der Waals surface area (Å²) >= 11 is 6.64. The van der Waals surface area contributed by atoms with E-state index in [1.807, 2.05) is 0 Å². The topological polar surface area (TPSA) is 0 Å². The van der Waals surface area contributed by atoms with Crippen LogP contribution in [-0.2, 0) is 6.42 Å². The largest absolute Gasteiger partial charge is 0.113 e. The molecular weight excluding hydrogens is 252 g/mol. The molecule has 0 saturated heterocycles. The van der Waals surface area contributed by atoms with Crippen LogP contribution in [0.15, 0.2) is 42.5 Å². The van der Waals surface area contributed by atoms with E-state index in [0.29, 0.717) is 0 Å². The summed E-state index contributed by atoms with van der Waals surface area (Å²) in [6, 6.07) is 15.2. The third-order valence-electron chi connectivity index (χ3n) is 3.52. The molecule has 0 amide bonds. The van der Waals surface area contributed by atoms with Crippen molar-refractivity contribution in [3.05, 3.63) is 70.3 Å². The van der Waals surface area contributed by atoms with Gasteiger partial charge in [-0.15, -0.1) is 11.6 Å². The van der Waals surface area contributed by atoms with Crippen molar-refractivity contribution < 1.29 is 0 Å². The Labute approximate surface area is 121 Å². The van der Waals surface area contributed by atoms with Crippen molar-refractivity contribution in [2.24, 2.45) is 0 Å². The van der Waals surface area contributed by atoms with Gasteiger partial charge in [0.25, 0.3) is 0 Å². The minimum atomic E-state index is -0.0597. The molecule has 0 aliphatic heterocycles. The second-order valence-corrected chi connectivity index (χ2v) is 5.65. The second-order valence-electron chi connectivity index (χ2n) is 5.21. The Morgan fingerprint density at radius 2 is 1.68 bits per heavy atom. The molecule has 0 N–H and O–H groups in total. The maximum absolute atomic E-state index is 6.64. The Hall–Kier alpha value is -1.27. The third-order valence-corrected chi connectivity index (χ3v) is 4.01. The molecule has 1 unspecified atom stereocenters. The maximum atomic E-state index is 6.64. The van der Waals surface area contributed by atoms with E-state index in [0.717, 1.165) is 6.42 Å². The van der Waals surface area contributed by atoms with E-state index >= 15 is 0 Å². The van der Waals surface area contributed by atoms with Crippen LogP contribution >= 0.6 is 11.6 Å². The highest BCUT2D eigenvalue weighted by atomic mass is 35.5. The number of benzene rings is 2. The first kappa shape index (κ1) is 14.1. The van der Waals surface area contributed by atoms with Crippen molar-refractivity contribution in [1.82, 2.24) is 0 Å². The summed E-state index contributed by atoms with van der Waals surface area (Å²) in [5.74, 6) is 0. The summed E-state index contributed by atoms with van der Waals surface area (Å²) < 4.78 is 0. The quantitative estimate of drug-likeness (QED) is 0.637. The summed E-state index contributed by atoms with van der Waals surface area (Å²) in [7, 11) is 0. The fourth-order valence-corrected chi connectivity index (χ4v) is 2.74. The highest BCUT2D eigenvalue weighted by molar-refractivity contribution is 6.22. The van der Waals surface area contributed by atoms with Crippen molar-refractivity contribution in [3.63, 3.8) is 0 Å². The molecule has 0 spiro atoms. The molecule has 2 rings (SSSR count). The van der Waals surface area contributed by atoms with Crippen molar-refractivity contribution in [1.29, 1.82) is 0 Å². The second kappa shape index (κ2) is 6.25. The van der Waals surface area contributed by atoms with Crippen LogP contribution < -0.4 is 0 Å². The Morgan fingerprint density at radius 3 is 2.32 bits per heavy atom. The highest BCUT2D eigenvalue weighted by Crippen LogP contribution is 2.31. The summed E-state index contributed by atoms with van der Waals surface area (Å²) in [5.41, 5.74) is 6.29. The zero-order chi connectivity index (χ0) is 13.8. The number of alkyl halides is 1.